The number of anilines is 4. The van der Waals surface area contributed by atoms with Crippen LogP contribution in [-0.2, 0) is 23.9 Å². The topological polar surface area (TPSA) is 178 Å². The van der Waals surface area contributed by atoms with E-state index in [-0.39, 0.29) is 43.0 Å². The first-order valence-corrected chi connectivity index (χ1v) is 23.9. The van der Waals surface area contributed by atoms with E-state index in [9.17, 15) is 19.2 Å². The fraction of sp³-hybridized carbons (Fsp3) is 0.542. The highest BCUT2D eigenvalue weighted by Crippen LogP contribution is 2.36. The monoisotopic (exact) mass is 916 g/mol. The van der Waals surface area contributed by atoms with E-state index in [1.54, 1.807) is 19.1 Å². The molecule has 344 valence electrons. The average molecular weight is 918 g/mol. The van der Waals surface area contributed by atoms with E-state index in [1.165, 1.54) is 38.5 Å². The number of hydrogen-bond donors (Lipinski definition) is 5. The Morgan fingerprint density at radius 3 is 1.53 bits per heavy atom. The number of nitrogens with one attached hydrogen (secondary N) is 4. The average Bonchev–Trinajstić information content (AvgIpc) is 3.98. The molecule has 5 N–H and O–H groups in total. The Morgan fingerprint density at radius 1 is 0.641 bits per heavy atom. The van der Waals surface area contributed by atoms with Crippen molar-refractivity contribution in [2.45, 2.75) is 109 Å². The van der Waals surface area contributed by atoms with Gasteiger partial charge in [-0.1, -0.05) is 61.7 Å². The molecule has 64 heavy (non-hydrogen) atoms. The molecule has 4 aromatic rings. The second-order valence-electron chi connectivity index (χ2n) is 17.7. The van der Waals surface area contributed by atoms with E-state index in [2.05, 4.69) is 31.1 Å². The van der Waals surface area contributed by atoms with Gasteiger partial charge in [0, 0.05) is 61.9 Å². The summed E-state index contributed by atoms with van der Waals surface area (Å²) in [6.45, 7) is 5.55. The molecule has 4 heterocycles. The molecule has 2 aliphatic heterocycles. The van der Waals surface area contributed by atoms with Gasteiger partial charge in [-0.2, -0.15) is 0 Å². The van der Waals surface area contributed by atoms with Crippen molar-refractivity contribution < 1.29 is 29.0 Å². The van der Waals surface area contributed by atoms with E-state index in [1.807, 2.05) is 36.4 Å². The van der Waals surface area contributed by atoms with Gasteiger partial charge in [-0.3, -0.25) is 19.2 Å². The minimum absolute atomic E-state index is 0.0114. The van der Waals surface area contributed by atoms with Crippen molar-refractivity contribution in [2.75, 3.05) is 66.3 Å². The molecule has 2 aliphatic carbocycles. The Hall–Kier alpha value is -4.76. The lowest BCUT2D eigenvalue weighted by Gasteiger charge is -2.21. The van der Waals surface area contributed by atoms with Gasteiger partial charge in [0.2, 0.25) is 11.8 Å². The van der Waals surface area contributed by atoms with Crippen LogP contribution in [0.4, 0.5) is 23.0 Å². The lowest BCUT2D eigenvalue weighted by molar-refractivity contribution is -0.142. The predicted molar refractivity (Wildman–Crippen MR) is 255 cm³/mol. The van der Waals surface area contributed by atoms with Crippen LogP contribution in [0.25, 0.3) is 21.8 Å². The molecule has 2 aromatic carbocycles. The van der Waals surface area contributed by atoms with Crippen LogP contribution >= 0.6 is 23.2 Å². The molecule has 0 unspecified atom stereocenters. The highest BCUT2D eigenvalue weighted by molar-refractivity contribution is 6.36. The smallest absolute Gasteiger partial charge is 0.319 e. The first-order valence-electron chi connectivity index (χ1n) is 23.1. The SMILES string of the molecule is CCOC(=O)CN[C@H]1CCN(c2ccc3c(NC(=O)CC4CCCCC4)c(Cl)ccc3n2)C1.O=C(O)CN[C@H]1CCN(c2ccc3c(NC(=O)CC4CCCCC4)c(Cl)ccc3n2)C1. The first-order chi connectivity index (χ1) is 31.0. The van der Waals surface area contributed by atoms with Crippen LogP contribution in [0, 0.1) is 11.8 Å². The second-order valence-corrected chi connectivity index (χ2v) is 18.5. The highest BCUT2D eigenvalue weighted by atomic mass is 35.5. The number of fused-ring (bicyclic) bond motifs is 2. The molecule has 2 amide bonds. The van der Waals surface area contributed by atoms with Crippen molar-refractivity contribution in [3.05, 3.63) is 58.6 Å². The van der Waals surface area contributed by atoms with Gasteiger partial charge < -0.3 is 40.9 Å². The molecule has 14 nitrogen and oxygen atoms in total. The first kappa shape index (κ1) is 47.2. The molecule has 2 atom stereocenters. The van der Waals surface area contributed by atoms with Crippen LogP contribution in [0.2, 0.25) is 10.0 Å². The molecule has 0 radical (unpaired) electrons. The van der Waals surface area contributed by atoms with E-state index in [4.69, 9.17) is 43.0 Å². The minimum atomic E-state index is -0.850. The Bertz CT molecular complexity index is 2270. The van der Waals surface area contributed by atoms with E-state index < -0.39 is 5.97 Å². The summed E-state index contributed by atoms with van der Waals surface area (Å²) in [5.74, 6) is 1.61. The second kappa shape index (κ2) is 22.9. The quantitative estimate of drug-likeness (QED) is 0.0719. The van der Waals surface area contributed by atoms with Crippen molar-refractivity contribution >= 4 is 91.8 Å². The van der Waals surface area contributed by atoms with E-state index in [0.29, 0.717) is 59.2 Å². The molecule has 2 aromatic heterocycles. The summed E-state index contributed by atoms with van der Waals surface area (Å²) < 4.78 is 4.98. The van der Waals surface area contributed by atoms with Crippen molar-refractivity contribution in [3.63, 3.8) is 0 Å². The Kier molecular flexibility index (Phi) is 16.9. The van der Waals surface area contributed by atoms with E-state index >= 15 is 0 Å². The molecule has 2 saturated heterocycles. The number of halogens is 2. The zero-order chi connectivity index (χ0) is 45.0. The summed E-state index contributed by atoms with van der Waals surface area (Å²) >= 11 is 12.9. The van der Waals surface area contributed by atoms with Crippen LogP contribution < -0.4 is 31.1 Å². The highest BCUT2D eigenvalue weighted by Gasteiger charge is 2.27. The summed E-state index contributed by atoms with van der Waals surface area (Å²) in [4.78, 5) is 61.7. The van der Waals surface area contributed by atoms with Crippen molar-refractivity contribution in [3.8, 4) is 0 Å². The van der Waals surface area contributed by atoms with Crippen molar-refractivity contribution in [1.82, 2.24) is 20.6 Å². The largest absolute Gasteiger partial charge is 0.480 e. The molecule has 16 heteroatoms. The number of esters is 1. The number of carbonyl (C=O) groups is 4. The minimum Gasteiger partial charge on any atom is -0.480 e. The van der Waals surface area contributed by atoms with Gasteiger partial charge in [0.25, 0.3) is 0 Å². The van der Waals surface area contributed by atoms with Gasteiger partial charge in [-0.25, -0.2) is 9.97 Å². The third kappa shape index (κ3) is 12.9. The lowest BCUT2D eigenvalue weighted by atomic mass is 9.87. The molecular formula is C48H62Cl2N8O6. The number of aliphatic carboxylic acids is 1. The number of carbonyl (C=O) groups excluding carboxylic acids is 3. The van der Waals surface area contributed by atoms with Gasteiger partial charge in [-0.15, -0.1) is 0 Å². The maximum atomic E-state index is 12.7. The van der Waals surface area contributed by atoms with Crippen LogP contribution in [0.5, 0.6) is 0 Å². The number of carboxylic acids is 1. The number of ether oxygens (including phenoxy) is 1. The number of hydrogen-bond acceptors (Lipinski definition) is 11. The number of nitrogens with zero attached hydrogens (tertiary/aromatic N) is 4. The fourth-order valence-electron chi connectivity index (χ4n) is 9.57. The third-order valence-electron chi connectivity index (χ3n) is 12.9. The number of benzene rings is 2. The zero-order valence-corrected chi connectivity index (χ0v) is 38.3. The number of carboxylic acid groups (broad SMARTS) is 1. The lowest BCUT2D eigenvalue weighted by Crippen LogP contribution is -2.36. The summed E-state index contributed by atoms with van der Waals surface area (Å²) in [5.41, 5.74) is 2.84. The number of amides is 2. The van der Waals surface area contributed by atoms with Gasteiger partial charge in [0.1, 0.15) is 11.6 Å². The van der Waals surface area contributed by atoms with Gasteiger partial charge in [0.15, 0.2) is 0 Å². The standard InChI is InChI=1S/C25H33ClN4O3.C23H29ClN4O3/c1-2-33-24(32)15-27-18-12-13-30(16-18)22-11-8-19-21(28-22)10-9-20(26)25(19)29-23(31)14-17-6-4-3-5-7-17;24-18-7-8-19-17(23(18)27-21(29)12-15-4-2-1-3-5-15)6-9-20(26-19)28-11-10-16(14-28)25-13-22(30)31/h8-11,17-18,27H,2-7,12-16H2,1H3,(H,29,31);6-9,15-16,25H,1-5,10-14H2,(H,27,29)(H,30,31)/t18-;16-/m00/s1. The number of aromatic nitrogens is 2. The van der Waals surface area contributed by atoms with Gasteiger partial charge >= 0.3 is 11.9 Å². The summed E-state index contributed by atoms with van der Waals surface area (Å²) in [6, 6.07) is 15.5. The Balaban J connectivity index is 0.000000192. The number of rotatable bonds is 15. The van der Waals surface area contributed by atoms with Crippen molar-refractivity contribution in [2.24, 2.45) is 11.8 Å². The van der Waals surface area contributed by atoms with E-state index in [0.717, 1.165) is 91.6 Å². The van der Waals surface area contributed by atoms with Crippen LogP contribution in [0.15, 0.2) is 48.5 Å². The molecular weight excluding hydrogens is 855 g/mol. The van der Waals surface area contributed by atoms with Crippen LogP contribution in [-0.4, -0.2) is 96.8 Å². The normalized spacial score (nSPS) is 19.4. The zero-order valence-electron chi connectivity index (χ0n) is 36.8. The summed E-state index contributed by atoms with van der Waals surface area (Å²) in [6.07, 6.45) is 14.8. The van der Waals surface area contributed by atoms with Gasteiger partial charge in [-0.05, 0) is 106 Å². The summed E-state index contributed by atoms with van der Waals surface area (Å²) in [7, 11) is 0. The third-order valence-corrected chi connectivity index (χ3v) is 13.6. The number of pyridine rings is 2. The van der Waals surface area contributed by atoms with Crippen LogP contribution in [0.3, 0.4) is 0 Å². The fourth-order valence-corrected chi connectivity index (χ4v) is 9.99. The summed E-state index contributed by atoms with van der Waals surface area (Å²) in [5, 5.41) is 24.0. The predicted octanol–water partition coefficient (Wildman–Crippen LogP) is 8.58. The molecule has 2 saturated carbocycles. The maximum absolute atomic E-state index is 12.7. The molecule has 8 rings (SSSR count). The van der Waals surface area contributed by atoms with Crippen LogP contribution in [0.1, 0.15) is 96.8 Å². The van der Waals surface area contributed by atoms with Gasteiger partial charge in [0.05, 0.1) is 52.1 Å². The molecule has 0 spiro atoms. The maximum Gasteiger partial charge on any atom is 0.319 e. The molecule has 4 aliphatic rings. The molecule has 0 bridgehead atoms. The van der Waals surface area contributed by atoms with Crippen molar-refractivity contribution in [1.29, 1.82) is 0 Å². The molecule has 4 fully saturated rings. The Morgan fingerprint density at radius 2 is 1.09 bits per heavy atom. The Labute approximate surface area is 385 Å².